The van der Waals surface area contributed by atoms with Crippen molar-refractivity contribution >= 4 is 35.3 Å². The number of thiophene rings is 1. The Hall–Kier alpha value is 0.200. The third-order valence-corrected chi connectivity index (χ3v) is 4.73. The maximum Gasteiger partial charge on any atom is 0.0973 e. The SMILES string of the molecule is CC1(C)CN(Cc2ccsc2Cl)CCC1N.Cl. The Balaban J connectivity index is 0.00000144. The van der Waals surface area contributed by atoms with Crippen LogP contribution in [0.5, 0.6) is 0 Å². The minimum Gasteiger partial charge on any atom is -0.327 e. The van der Waals surface area contributed by atoms with Crippen molar-refractivity contribution < 1.29 is 0 Å². The molecule has 2 nitrogen and oxygen atoms in total. The van der Waals surface area contributed by atoms with Gasteiger partial charge < -0.3 is 5.73 Å². The summed E-state index contributed by atoms with van der Waals surface area (Å²) in [6.07, 6.45) is 1.08. The molecule has 1 aliphatic rings. The van der Waals surface area contributed by atoms with Gasteiger partial charge in [-0.15, -0.1) is 23.7 Å². The fourth-order valence-electron chi connectivity index (χ4n) is 2.29. The summed E-state index contributed by atoms with van der Waals surface area (Å²) in [6, 6.07) is 2.44. The summed E-state index contributed by atoms with van der Waals surface area (Å²) in [6.45, 7) is 7.59. The van der Waals surface area contributed by atoms with E-state index in [-0.39, 0.29) is 17.8 Å². The van der Waals surface area contributed by atoms with Crippen LogP contribution in [0.25, 0.3) is 0 Å². The number of nitrogens with zero attached hydrogens (tertiary/aromatic N) is 1. The van der Waals surface area contributed by atoms with Crippen molar-refractivity contribution in [1.82, 2.24) is 4.90 Å². The summed E-state index contributed by atoms with van der Waals surface area (Å²) >= 11 is 7.73. The second-order valence-electron chi connectivity index (χ2n) is 5.31. The first-order valence-electron chi connectivity index (χ1n) is 5.69. The van der Waals surface area contributed by atoms with Crippen LogP contribution in [0.4, 0.5) is 0 Å². The minimum atomic E-state index is 0. The molecule has 0 saturated carbocycles. The number of halogens is 2. The van der Waals surface area contributed by atoms with E-state index in [1.165, 1.54) is 5.56 Å². The third kappa shape index (κ3) is 3.58. The smallest absolute Gasteiger partial charge is 0.0973 e. The van der Waals surface area contributed by atoms with E-state index in [1.54, 1.807) is 11.3 Å². The maximum atomic E-state index is 6.13. The van der Waals surface area contributed by atoms with E-state index >= 15 is 0 Å². The molecule has 5 heteroatoms. The van der Waals surface area contributed by atoms with Crippen molar-refractivity contribution in [3.05, 3.63) is 21.3 Å². The summed E-state index contributed by atoms with van der Waals surface area (Å²) in [5, 5.41) is 2.05. The van der Waals surface area contributed by atoms with Crippen molar-refractivity contribution in [1.29, 1.82) is 0 Å². The highest BCUT2D eigenvalue weighted by Crippen LogP contribution is 2.30. The highest BCUT2D eigenvalue weighted by molar-refractivity contribution is 7.14. The van der Waals surface area contributed by atoms with Gasteiger partial charge in [-0.25, -0.2) is 0 Å². The molecule has 1 saturated heterocycles. The molecule has 0 spiro atoms. The Morgan fingerprint density at radius 2 is 2.29 bits per heavy atom. The zero-order chi connectivity index (χ0) is 11.8. The van der Waals surface area contributed by atoms with Crippen LogP contribution in [-0.4, -0.2) is 24.0 Å². The first-order chi connectivity index (χ1) is 7.49. The molecular formula is C12H20Cl2N2S. The van der Waals surface area contributed by atoms with Crippen molar-refractivity contribution in [2.75, 3.05) is 13.1 Å². The van der Waals surface area contributed by atoms with Crippen LogP contribution < -0.4 is 5.73 Å². The van der Waals surface area contributed by atoms with Gasteiger partial charge in [-0.2, -0.15) is 0 Å². The van der Waals surface area contributed by atoms with Gasteiger partial charge >= 0.3 is 0 Å². The van der Waals surface area contributed by atoms with Crippen molar-refractivity contribution in [2.45, 2.75) is 32.9 Å². The summed E-state index contributed by atoms with van der Waals surface area (Å²) in [5.41, 5.74) is 7.58. The Bertz CT molecular complexity index is 365. The Morgan fingerprint density at radius 1 is 1.59 bits per heavy atom. The first kappa shape index (κ1) is 15.3. The largest absolute Gasteiger partial charge is 0.327 e. The van der Waals surface area contributed by atoms with E-state index in [2.05, 4.69) is 30.2 Å². The number of likely N-dealkylation sites (tertiary alicyclic amines) is 1. The van der Waals surface area contributed by atoms with E-state index in [4.69, 9.17) is 17.3 Å². The average molecular weight is 295 g/mol. The molecule has 0 bridgehead atoms. The predicted molar refractivity (Wildman–Crippen MR) is 78.2 cm³/mol. The molecule has 1 aromatic heterocycles. The van der Waals surface area contributed by atoms with E-state index in [1.807, 2.05) is 0 Å². The second-order valence-corrected chi connectivity index (χ2v) is 6.83. The topological polar surface area (TPSA) is 29.3 Å². The van der Waals surface area contributed by atoms with Gasteiger partial charge in [0.1, 0.15) is 0 Å². The van der Waals surface area contributed by atoms with Crippen molar-refractivity contribution in [2.24, 2.45) is 11.1 Å². The zero-order valence-electron chi connectivity index (χ0n) is 10.3. The van der Waals surface area contributed by atoms with E-state index in [0.29, 0.717) is 6.04 Å². The lowest BCUT2D eigenvalue weighted by molar-refractivity contribution is 0.0900. The number of nitrogens with two attached hydrogens (primary N) is 1. The van der Waals surface area contributed by atoms with E-state index < -0.39 is 0 Å². The van der Waals surface area contributed by atoms with Gasteiger partial charge in [-0.1, -0.05) is 25.4 Å². The van der Waals surface area contributed by atoms with Crippen LogP contribution in [0, 0.1) is 5.41 Å². The Morgan fingerprint density at radius 3 is 2.82 bits per heavy atom. The maximum absolute atomic E-state index is 6.13. The van der Waals surface area contributed by atoms with Gasteiger partial charge in [0.2, 0.25) is 0 Å². The van der Waals surface area contributed by atoms with Gasteiger partial charge in [0, 0.05) is 25.7 Å². The highest BCUT2D eigenvalue weighted by atomic mass is 35.5. The van der Waals surface area contributed by atoms with Gasteiger partial charge in [-0.3, -0.25) is 4.90 Å². The van der Waals surface area contributed by atoms with E-state index in [9.17, 15) is 0 Å². The second kappa shape index (κ2) is 5.89. The van der Waals surface area contributed by atoms with Gasteiger partial charge in [0.05, 0.1) is 4.34 Å². The molecular weight excluding hydrogens is 275 g/mol. The van der Waals surface area contributed by atoms with Gasteiger partial charge in [0.25, 0.3) is 0 Å². The highest BCUT2D eigenvalue weighted by Gasteiger charge is 2.33. The van der Waals surface area contributed by atoms with E-state index in [0.717, 1.165) is 30.4 Å². The standard InChI is InChI=1S/C12H19ClN2S.ClH/c1-12(2)8-15(5-3-10(12)14)7-9-4-6-16-11(9)13;/h4,6,10H,3,5,7-8,14H2,1-2H3;1H. The van der Waals surface area contributed by atoms with Crippen molar-refractivity contribution in [3.63, 3.8) is 0 Å². The summed E-state index contributed by atoms with van der Waals surface area (Å²) in [4.78, 5) is 2.46. The molecule has 0 aliphatic carbocycles. The Labute approximate surface area is 119 Å². The molecule has 98 valence electrons. The summed E-state index contributed by atoms with van der Waals surface area (Å²) in [5.74, 6) is 0. The molecule has 2 N–H and O–H groups in total. The quantitative estimate of drug-likeness (QED) is 0.906. The van der Waals surface area contributed by atoms with Crippen LogP contribution in [0.15, 0.2) is 11.4 Å². The lowest BCUT2D eigenvalue weighted by Crippen LogP contribution is -2.52. The Kier molecular flexibility index (Phi) is 5.29. The van der Waals surface area contributed by atoms with Crippen LogP contribution in [0.3, 0.4) is 0 Å². The number of rotatable bonds is 2. The predicted octanol–water partition coefficient (Wildman–Crippen LogP) is 3.38. The lowest BCUT2D eigenvalue weighted by atomic mass is 9.79. The molecule has 17 heavy (non-hydrogen) atoms. The normalized spacial score (nSPS) is 24.4. The van der Waals surface area contributed by atoms with Crippen LogP contribution >= 0.6 is 35.3 Å². The summed E-state index contributed by atoms with van der Waals surface area (Å²) < 4.78 is 0.924. The molecule has 0 radical (unpaired) electrons. The fraction of sp³-hybridized carbons (Fsp3) is 0.667. The molecule has 1 aromatic rings. The van der Waals surface area contributed by atoms with Crippen LogP contribution in [0.2, 0.25) is 4.34 Å². The molecule has 1 aliphatic heterocycles. The number of hydrogen-bond donors (Lipinski definition) is 1. The van der Waals surface area contributed by atoms with Crippen LogP contribution in [-0.2, 0) is 6.54 Å². The molecule has 2 heterocycles. The molecule has 2 rings (SSSR count). The van der Waals surface area contributed by atoms with Gasteiger partial charge in [0.15, 0.2) is 0 Å². The first-order valence-corrected chi connectivity index (χ1v) is 6.94. The van der Waals surface area contributed by atoms with Crippen LogP contribution in [0.1, 0.15) is 25.8 Å². The molecule has 1 unspecified atom stereocenters. The minimum absolute atomic E-state index is 0. The third-order valence-electron chi connectivity index (χ3n) is 3.48. The van der Waals surface area contributed by atoms with Gasteiger partial charge in [-0.05, 0) is 28.8 Å². The molecule has 0 aromatic carbocycles. The average Bonchev–Trinajstić information content (AvgIpc) is 2.58. The number of hydrogen-bond acceptors (Lipinski definition) is 3. The fourth-order valence-corrected chi connectivity index (χ4v) is 3.21. The molecule has 0 amide bonds. The monoisotopic (exact) mass is 294 g/mol. The number of piperidine rings is 1. The van der Waals surface area contributed by atoms with Crippen molar-refractivity contribution in [3.8, 4) is 0 Å². The molecule has 1 atom stereocenters. The zero-order valence-corrected chi connectivity index (χ0v) is 12.7. The lowest BCUT2D eigenvalue weighted by Gasteiger charge is -2.42. The summed E-state index contributed by atoms with van der Waals surface area (Å²) in [7, 11) is 0. The molecule has 1 fully saturated rings.